The molecular weight excluding hydrogens is 344 g/mol. The molecule has 3 fully saturated rings. The molecule has 0 saturated heterocycles. The Bertz CT molecular complexity index is 713. The fraction of sp³-hybridized carbons (Fsp3) is 0.818. The van der Waals surface area contributed by atoms with Crippen LogP contribution in [0.1, 0.15) is 78.1 Å². The fourth-order valence-electron chi connectivity index (χ4n) is 7.34. The van der Waals surface area contributed by atoms with Crippen LogP contribution in [0.15, 0.2) is 11.6 Å². The lowest BCUT2D eigenvalue weighted by Crippen LogP contribution is -2.64. The van der Waals surface area contributed by atoms with Gasteiger partial charge in [-0.15, -0.1) is 0 Å². The molecule has 0 spiro atoms. The number of fused-ring (bicyclic) bond motifs is 5. The standard InChI is InChI=1S/C22H32O5/c1-19-8-5-15(23)13-14(19)3-4-17-16-6-9-21(26,10-7-18(24)25)20(16,2)11-12-22(17,19)27/h13,16-17,26-27H,3-12H2,1-2H3,(H,24,25)/t16-,17-,19-,20-,21+,22+/m0/s1. The van der Waals surface area contributed by atoms with Gasteiger partial charge in [0.1, 0.15) is 0 Å². The molecule has 27 heavy (non-hydrogen) atoms. The Morgan fingerprint density at radius 3 is 2.52 bits per heavy atom. The molecule has 0 heterocycles. The predicted molar refractivity (Wildman–Crippen MR) is 100.0 cm³/mol. The largest absolute Gasteiger partial charge is 0.481 e. The highest BCUT2D eigenvalue weighted by atomic mass is 16.4. The van der Waals surface area contributed by atoms with Crippen molar-refractivity contribution in [2.24, 2.45) is 22.7 Å². The van der Waals surface area contributed by atoms with Gasteiger partial charge in [-0.1, -0.05) is 19.4 Å². The second kappa shape index (κ2) is 5.90. The van der Waals surface area contributed by atoms with Crippen molar-refractivity contribution in [3.8, 4) is 0 Å². The Labute approximate surface area is 160 Å². The summed E-state index contributed by atoms with van der Waals surface area (Å²) in [6, 6.07) is 0. The Morgan fingerprint density at radius 1 is 1.07 bits per heavy atom. The third-order valence-electron chi connectivity index (χ3n) is 9.22. The summed E-state index contributed by atoms with van der Waals surface area (Å²) in [6.45, 7) is 4.25. The van der Waals surface area contributed by atoms with Gasteiger partial charge >= 0.3 is 5.97 Å². The molecule has 0 aromatic carbocycles. The molecule has 150 valence electrons. The van der Waals surface area contributed by atoms with E-state index < -0.39 is 17.2 Å². The average molecular weight is 376 g/mol. The van der Waals surface area contributed by atoms with Gasteiger partial charge in [-0.05, 0) is 74.7 Å². The topological polar surface area (TPSA) is 94.8 Å². The molecule has 0 unspecified atom stereocenters. The molecule has 0 aromatic rings. The van der Waals surface area contributed by atoms with E-state index in [0.29, 0.717) is 32.1 Å². The highest BCUT2D eigenvalue weighted by Crippen LogP contribution is 2.69. The predicted octanol–water partition coefficient (Wildman–Crippen LogP) is 3.23. The van der Waals surface area contributed by atoms with E-state index >= 15 is 0 Å². The minimum Gasteiger partial charge on any atom is -0.481 e. The zero-order valence-corrected chi connectivity index (χ0v) is 16.5. The molecular formula is C22H32O5. The maximum Gasteiger partial charge on any atom is 0.303 e. The van der Waals surface area contributed by atoms with Crippen LogP contribution in [0.25, 0.3) is 0 Å². The van der Waals surface area contributed by atoms with Crippen molar-refractivity contribution >= 4 is 11.8 Å². The maximum absolute atomic E-state index is 12.0. The molecule has 5 nitrogen and oxygen atoms in total. The van der Waals surface area contributed by atoms with Crippen molar-refractivity contribution in [1.29, 1.82) is 0 Å². The Morgan fingerprint density at radius 2 is 1.81 bits per heavy atom. The third-order valence-corrected chi connectivity index (χ3v) is 9.22. The van der Waals surface area contributed by atoms with E-state index in [1.165, 1.54) is 0 Å². The van der Waals surface area contributed by atoms with Crippen LogP contribution >= 0.6 is 0 Å². The molecule has 4 rings (SSSR count). The summed E-state index contributed by atoms with van der Waals surface area (Å²) in [5.74, 6) is -0.389. The van der Waals surface area contributed by atoms with E-state index in [2.05, 4.69) is 13.8 Å². The van der Waals surface area contributed by atoms with Crippen LogP contribution in [0.3, 0.4) is 0 Å². The Balaban J connectivity index is 1.67. The first-order valence-electron chi connectivity index (χ1n) is 10.5. The second-order valence-corrected chi connectivity index (χ2v) is 10.0. The van der Waals surface area contributed by atoms with Gasteiger partial charge < -0.3 is 15.3 Å². The summed E-state index contributed by atoms with van der Waals surface area (Å²) in [5, 5.41) is 32.4. The molecule has 0 bridgehead atoms. The first kappa shape index (κ1) is 19.1. The van der Waals surface area contributed by atoms with Crippen molar-refractivity contribution in [2.45, 2.75) is 89.3 Å². The van der Waals surface area contributed by atoms with Crippen LogP contribution in [-0.2, 0) is 9.59 Å². The molecule has 0 aliphatic heterocycles. The van der Waals surface area contributed by atoms with E-state index in [9.17, 15) is 19.8 Å². The number of hydrogen-bond donors (Lipinski definition) is 3. The van der Waals surface area contributed by atoms with Gasteiger partial charge in [0.2, 0.25) is 0 Å². The van der Waals surface area contributed by atoms with Gasteiger partial charge in [-0.25, -0.2) is 0 Å². The van der Waals surface area contributed by atoms with Crippen LogP contribution < -0.4 is 0 Å². The maximum atomic E-state index is 12.0. The number of ketones is 1. The fourth-order valence-corrected chi connectivity index (χ4v) is 7.34. The van der Waals surface area contributed by atoms with Crippen molar-refractivity contribution < 1.29 is 24.9 Å². The van der Waals surface area contributed by atoms with Gasteiger partial charge in [0.05, 0.1) is 11.2 Å². The lowest BCUT2D eigenvalue weighted by atomic mass is 9.44. The summed E-state index contributed by atoms with van der Waals surface area (Å²) >= 11 is 0. The summed E-state index contributed by atoms with van der Waals surface area (Å²) in [7, 11) is 0. The monoisotopic (exact) mass is 376 g/mol. The minimum absolute atomic E-state index is 0.0134. The van der Waals surface area contributed by atoms with Crippen molar-refractivity contribution in [1.82, 2.24) is 0 Å². The zero-order chi connectivity index (χ0) is 19.7. The van der Waals surface area contributed by atoms with Crippen LogP contribution in [0.2, 0.25) is 0 Å². The smallest absolute Gasteiger partial charge is 0.303 e. The number of aliphatic hydroxyl groups is 2. The molecule has 5 heteroatoms. The van der Waals surface area contributed by atoms with E-state index in [1.54, 1.807) is 6.08 Å². The molecule has 4 aliphatic rings. The van der Waals surface area contributed by atoms with E-state index in [-0.39, 0.29) is 41.3 Å². The number of carbonyl (C=O) groups is 2. The van der Waals surface area contributed by atoms with Crippen molar-refractivity contribution in [3.05, 3.63) is 11.6 Å². The number of carboxylic acid groups (broad SMARTS) is 1. The quantitative estimate of drug-likeness (QED) is 0.703. The lowest BCUT2D eigenvalue weighted by Gasteiger charge is -2.63. The van der Waals surface area contributed by atoms with Gasteiger partial charge in [0.25, 0.3) is 0 Å². The molecule has 0 radical (unpaired) electrons. The molecule has 3 N–H and O–H groups in total. The first-order valence-corrected chi connectivity index (χ1v) is 10.5. The second-order valence-electron chi connectivity index (χ2n) is 10.0. The summed E-state index contributed by atoms with van der Waals surface area (Å²) in [6.07, 6.45) is 7.73. The van der Waals surface area contributed by atoms with Gasteiger partial charge in [0.15, 0.2) is 5.78 Å². The number of rotatable bonds is 3. The summed E-state index contributed by atoms with van der Waals surface area (Å²) < 4.78 is 0. The van der Waals surface area contributed by atoms with Gasteiger partial charge in [0, 0.05) is 18.3 Å². The first-order chi connectivity index (χ1) is 12.6. The zero-order valence-electron chi connectivity index (χ0n) is 16.5. The number of hydrogen-bond acceptors (Lipinski definition) is 4. The van der Waals surface area contributed by atoms with Crippen LogP contribution in [-0.4, -0.2) is 38.3 Å². The lowest BCUT2D eigenvalue weighted by molar-refractivity contribution is -0.211. The Hall–Kier alpha value is -1.20. The summed E-state index contributed by atoms with van der Waals surface area (Å²) in [4.78, 5) is 23.0. The highest BCUT2D eigenvalue weighted by Gasteiger charge is 2.68. The molecule has 4 aliphatic carbocycles. The van der Waals surface area contributed by atoms with Gasteiger partial charge in [-0.3, -0.25) is 9.59 Å². The van der Waals surface area contributed by atoms with E-state index in [0.717, 1.165) is 24.8 Å². The van der Waals surface area contributed by atoms with Crippen LogP contribution in [0.4, 0.5) is 0 Å². The molecule has 0 aromatic heterocycles. The Kier molecular flexibility index (Phi) is 4.18. The SMILES string of the molecule is C[C@]12CCC(=O)C=C1CC[C@H]1[C@@H]3CC[C@@](O)(CCC(=O)O)[C@@]3(C)CC[C@@]12O. The number of carbonyl (C=O) groups excluding carboxylic acids is 1. The van der Waals surface area contributed by atoms with Crippen LogP contribution in [0, 0.1) is 22.7 Å². The molecule has 6 atom stereocenters. The molecule has 0 amide bonds. The number of carboxylic acids is 1. The minimum atomic E-state index is -0.961. The van der Waals surface area contributed by atoms with Gasteiger partial charge in [-0.2, -0.15) is 0 Å². The van der Waals surface area contributed by atoms with Crippen molar-refractivity contribution in [3.63, 3.8) is 0 Å². The summed E-state index contributed by atoms with van der Waals surface area (Å²) in [5.41, 5.74) is -1.38. The van der Waals surface area contributed by atoms with E-state index in [4.69, 9.17) is 5.11 Å². The van der Waals surface area contributed by atoms with Crippen molar-refractivity contribution in [2.75, 3.05) is 0 Å². The van der Waals surface area contributed by atoms with E-state index in [1.807, 2.05) is 0 Å². The third kappa shape index (κ3) is 2.43. The van der Waals surface area contributed by atoms with Crippen LogP contribution in [0.5, 0.6) is 0 Å². The normalized spacial score (nSPS) is 49.0. The number of aliphatic carboxylic acids is 1. The average Bonchev–Trinajstić information content (AvgIpc) is 2.87. The molecule has 3 saturated carbocycles. The highest BCUT2D eigenvalue weighted by molar-refractivity contribution is 5.91.